The predicted octanol–water partition coefficient (Wildman–Crippen LogP) is 1.34. The highest BCUT2D eigenvalue weighted by Crippen LogP contribution is 2.19. The molecule has 0 amide bonds. The fraction of sp³-hybridized carbons (Fsp3) is 0.214. The third kappa shape index (κ3) is 3.71. The molecule has 0 spiro atoms. The number of nitrogens with zero attached hydrogens (tertiary/aromatic N) is 2. The van der Waals surface area contributed by atoms with Gasteiger partial charge < -0.3 is 10.6 Å². The first-order valence-corrected chi connectivity index (χ1v) is 8.03. The van der Waals surface area contributed by atoms with Crippen LogP contribution in [0.1, 0.15) is 12.5 Å². The predicted molar refractivity (Wildman–Crippen MR) is 83.2 cm³/mol. The minimum Gasteiger partial charge on any atom is -0.398 e. The van der Waals surface area contributed by atoms with Crippen molar-refractivity contribution in [1.29, 1.82) is 0 Å². The zero-order valence-corrected chi connectivity index (χ0v) is 12.5. The second kappa shape index (κ2) is 6.11. The van der Waals surface area contributed by atoms with Gasteiger partial charge in [-0.15, -0.1) is 0 Å². The van der Waals surface area contributed by atoms with Crippen LogP contribution in [-0.2, 0) is 16.6 Å². The zero-order chi connectivity index (χ0) is 15.5. The standard InChI is InChI=1S/C14H18N4O2S/c1-2-18(10-11-5-3-4-6-13(11)15)14-8-7-12(9-17-14)21(16,19)20/h3-9H,2,10,15H2,1H3,(H2,16,19,20). The monoisotopic (exact) mass is 306 g/mol. The Morgan fingerprint density at radius 3 is 2.43 bits per heavy atom. The Bertz CT molecular complexity index is 714. The van der Waals surface area contributed by atoms with Gasteiger partial charge in [0.2, 0.25) is 10.0 Å². The van der Waals surface area contributed by atoms with Crippen molar-refractivity contribution in [3.05, 3.63) is 48.2 Å². The molecular weight excluding hydrogens is 288 g/mol. The molecule has 0 aliphatic heterocycles. The number of sulfonamides is 1. The molecule has 1 aromatic carbocycles. The number of primary sulfonamides is 1. The number of para-hydroxylation sites is 1. The Hall–Kier alpha value is -2.12. The van der Waals surface area contributed by atoms with Crippen molar-refractivity contribution >= 4 is 21.5 Å². The van der Waals surface area contributed by atoms with Gasteiger partial charge in [-0.05, 0) is 30.7 Å². The van der Waals surface area contributed by atoms with Gasteiger partial charge in [0, 0.05) is 25.0 Å². The van der Waals surface area contributed by atoms with E-state index in [0.29, 0.717) is 12.4 Å². The van der Waals surface area contributed by atoms with Crippen LogP contribution < -0.4 is 15.8 Å². The quantitative estimate of drug-likeness (QED) is 0.811. The van der Waals surface area contributed by atoms with Gasteiger partial charge in [-0.3, -0.25) is 0 Å². The summed E-state index contributed by atoms with van der Waals surface area (Å²) in [6, 6.07) is 10.7. The Morgan fingerprint density at radius 1 is 1.19 bits per heavy atom. The molecule has 21 heavy (non-hydrogen) atoms. The zero-order valence-electron chi connectivity index (χ0n) is 11.7. The summed E-state index contributed by atoms with van der Waals surface area (Å²) in [6.45, 7) is 3.31. The van der Waals surface area contributed by atoms with Crippen LogP contribution in [0.15, 0.2) is 47.5 Å². The van der Waals surface area contributed by atoms with Crippen molar-refractivity contribution in [2.24, 2.45) is 5.14 Å². The topological polar surface area (TPSA) is 102 Å². The van der Waals surface area contributed by atoms with Gasteiger partial charge >= 0.3 is 0 Å². The highest BCUT2D eigenvalue weighted by atomic mass is 32.2. The average Bonchev–Trinajstić information content (AvgIpc) is 2.46. The second-order valence-corrected chi connectivity index (χ2v) is 6.17. The first-order chi connectivity index (χ1) is 9.91. The molecule has 0 bridgehead atoms. The Kier molecular flexibility index (Phi) is 4.44. The van der Waals surface area contributed by atoms with Crippen LogP contribution in [0.4, 0.5) is 11.5 Å². The van der Waals surface area contributed by atoms with E-state index in [2.05, 4.69) is 4.98 Å². The molecule has 0 unspecified atom stereocenters. The lowest BCUT2D eigenvalue weighted by molar-refractivity contribution is 0.597. The molecule has 0 saturated heterocycles. The molecule has 0 atom stereocenters. The fourth-order valence-corrected chi connectivity index (χ4v) is 2.42. The van der Waals surface area contributed by atoms with Gasteiger partial charge in [0.15, 0.2) is 0 Å². The number of hydrogen-bond acceptors (Lipinski definition) is 5. The van der Waals surface area contributed by atoms with E-state index in [-0.39, 0.29) is 4.90 Å². The van der Waals surface area contributed by atoms with E-state index in [9.17, 15) is 8.42 Å². The van der Waals surface area contributed by atoms with Gasteiger partial charge in [0.25, 0.3) is 0 Å². The summed E-state index contributed by atoms with van der Waals surface area (Å²) in [4.78, 5) is 6.17. The molecule has 0 aliphatic carbocycles. The molecule has 2 aromatic rings. The van der Waals surface area contributed by atoms with Crippen LogP contribution >= 0.6 is 0 Å². The molecule has 0 aliphatic rings. The van der Waals surface area contributed by atoms with Crippen molar-refractivity contribution in [2.45, 2.75) is 18.4 Å². The van der Waals surface area contributed by atoms with Gasteiger partial charge in [-0.1, -0.05) is 18.2 Å². The summed E-state index contributed by atoms with van der Waals surface area (Å²) < 4.78 is 22.5. The SMILES string of the molecule is CCN(Cc1ccccc1N)c1ccc(S(N)(=O)=O)cn1. The first kappa shape index (κ1) is 15.3. The molecule has 0 saturated carbocycles. The fourth-order valence-electron chi connectivity index (χ4n) is 1.97. The minimum atomic E-state index is -3.72. The lowest BCUT2D eigenvalue weighted by Crippen LogP contribution is -2.24. The molecule has 7 heteroatoms. The molecular formula is C14H18N4O2S. The number of rotatable bonds is 5. The minimum absolute atomic E-state index is 0.00141. The maximum absolute atomic E-state index is 11.2. The maximum Gasteiger partial charge on any atom is 0.239 e. The lowest BCUT2D eigenvalue weighted by Gasteiger charge is -2.22. The number of nitrogens with two attached hydrogens (primary N) is 2. The van der Waals surface area contributed by atoms with Gasteiger partial charge in [-0.25, -0.2) is 18.5 Å². The molecule has 112 valence electrons. The molecule has 1 heterocycles. The Balaban J connectivity index is 2.24. The summed E-state index contributed by atoms with van der Waals surface area (Å²) in [6.07, 6.45) is 1.27. The van der Waals surface area contributed by atoms with Crippen molar-refractivity contribution in [2.75, 3.05) is 17.2 Å². The third-order valence-electron chi connectivity index (χ3n) is 3.17. The summed E-state index contributed by atoms with van der Waals surface area (Å²) in [5.41, 5.74) is 7.66. The normalized spacial score (nSPS) is 11.3. The highest BCUT2D eigenvalue weighted by Gasteiger charge is 2.12. The summed E-state index contributed by atoms with van der Waals surface area (Å²) in [7, 11) is -3.72. The average molecular weight is 306 g/mol. The van der Waals surface area contributed by atoms with Crippen LogP contribution in [0.2, 0.25) is 0 Å². The number of hydrogen-bond donors (Lipinski definition) is 2. The van der Waals surface area contributed by atoms with Gasteiger partial charge in [0.05, 0.1) is 0 Å². The molecule has 6 nitrogen and oxygen atoms in total. The third-order valence-corrected chi connectivity index (χ3v) is 4.07. The Morgan fingerprint density at radius 2 is 1.90 bits per heavy atom. The van der Waals surface area contributed by atoms with Crippen molar-refractivity contribution in [3.63, 3.8) is 0 Å². The Labute approximate surface area is 124 Å². The van der Waals surface area contributed by atoms with Crippen LogP contribution in [0.25, 0.3) is 0 Å². The van der Waals surface area contributed by atoms with E-state index in [1.807, 2.05) is 36.1 Å². The number of anilines is 2. The van der Waals surface area contributed by atoms with Crippen LogP contribution in [0.5, 0.6) is 0 Å². The van der Waals surface area contributed by atoms with Crippen LogP contribution in [0, 0.1) is 0 Å². The van der Waals surface area contributed by atoms with E-state index in [0.717, 1.165) is 17.8 Å². The highest BCUT2D eigenvalue weighted by molar-refractivity contribution is 7.89. The molecule has 4 N–H and O–H groups in total. The van der Waals surface area contributed by atoms with Gasteiger partial charge in [-0.2, -0.15) is 0 Å². The first-order valence-electron chi connectivity index (χ1n) is 6.49. The van der Waals surface area contributed by atoms with Crippen molar-refractivity contribution < 1.29 is 8.42 Å². The largest absolute Gasteiger partial charge is 0.398 e. The van der Waals surface area contributed by atoms with Gasteiger partial charge in [0.1, 0.15) is 10.7 Å². The van der Waals surface area contributed by atoms with E-state index >= 15 is 0 Å². The van der Waals surface area contributed by atoms with E-state index < -0.39 is 10.0 Å². The van der Waals surface area contributed by atoms with Crippen molar-refractivity contribution in [1.82, 2.24) is 4.98 Å². The molecule has 1 aromatic heterocycles. The lowest BCUT2D eigenvalue weighted by atomic mass is 10.1. The van der Waals surface area contributed by atoms with Crippen LogP contribution in [0.3, 0.4) is 0 Å². The summed E-state index contributed by atoms with van der Waals surface area (Å²) >= 11 is 0. The number of aromatic nitrogens is 1. The number of nitrogen functional groups attached to an aromatic ring is 1. The number of pyridine rings is 1. The van der Waals surface area contributed by atoms with Crippen molar-refractivity contribution in [3.8, 4) is 0 Å². The molecule has 2 rings (SSSR count). The summed E-state index contributed by atoms with van der Waals surface area (Å²) in [5, 5.41) is 5.06. The van der Waals surface area contributed by atoms with E-state index in [1.165, 1.54) is 12.3 Å². The smallest absolute Gasteiger partial charge is 0.239 e. The number of benzene rings is 1. The second-order valence-electron chi connectivity index (χ2n) is 4.61. The molecule has 0 radical (unpaired) electrons. The van der Waals surface area contributed by atoms with E-state index in [1.54, 1.807) is 6.07 Å². The maximum atomic E-state index is 11.2. The molecule has 0 fully saturated rings. The summed E-state index contributed by atoms with van der Waals surface area (Å²) in [5.74, 6) is 0.674. The van der Waals surface area contributed by atoms with Crippen LogP contribution in [-0.4, -0.2) is 19.9 Å². The van der Waals surface area contributed by atoms with E-state index in [4.69, 9.17) is 10.9 Å².